The van der Waals surface area contributed by atoms with Gasteiger partial charge in [-0.1, -0.05) is 0 Å². The Balaban J connectivity index is 1.68. The molecule has 0 saturated carbocycles. The molecule has 6 aromatic carbocycles. The van der Waals surface area contributed by atoms with E-state index in [1.54, 1.807) is 0 Å². The predicted molar refractivity (Wildman–Crippen MR) is 227 cm³/mol. The maximum absolute atomic E-state index is 7.09. The third-order valence-corrected chi connectivity index (χ3v) is 29.8. The van der Waals surface area contributed by atoms with Gasteiger partial charge >= 0.3 is 323 Å². The Morgan fingerprint density at radius 1 is 0.635 bits per heavy atom. The van der Waals surface area contributed by atoms with E-state index in [0.717, 1.165) is 33.7 Å². The molecule has 8 rings (SSSR count). The topological polar surface area (TPSA) is 0 Å². The summed E-state index contributed by atoms with van der Waals surface area (Å²) in [5.41, 5.74) is 11.1. The van der Waals surface area contributed by atoms with Crippen LogP contribution in [0.4, 0.5) is 0 Å². The van der Waals surface area contributed by atoms with E-state index in [1.807, 2.05) is 0 Å². The van der Waals surface area contributed by atoms with E-state index in [0.29, 0.717) is 0 Å². The van der Waals surface area contributed by atoms with Crippen LogP contribution in [0.3, 0.4) is 0 Å². The second kappa shape index (κ2) is 12.1. The summed E-state index contributed by atoms with van der Waals surface area (Å²) in [6, 6.07) is 34.0. The van der Waals surface area contributed by atoms with Crippen LogP contribution in [0.1, 0.15) is 81.3 Å². The second-order valence-corrected chi connectivity index (χ2v) is 30.9. The van der Waals surface area contributed by atoms with Gasteiger partial charge in [-0.3, -0.25) is 0 Å². The van der Waals surface area contributed by atoms with Crippen molar-refractivity contribution >= 4 is 58.8 Å². The number of hydrogen-bond donors (Lipinski definition) is 0. The van der Waals surface area contributed by atoms with E-state index in [9.17, 15) is 0 Å². The minimum absolute atomic E-state index is 0.0313. The molecule has 2 aliphatic carbocycles. The van der Waals surface area contributed by atoms with Gasteiger partial charge in [-0.05, 0) is 0 Å². The van der Waals surface area contributed by atoms with Gasteiger partial charge in [0.25, 0.3) is 0 Å². The van der Waals surface area contributed by atoms with Gasteiger partial charge in [0.05, 0.1) is 0 Å². The molecule has 0 aromatic heterocycles. The molecule has 0 atom stereocenters. The zero-order chi connectivity index (χ0) is 37.0. The Kier molecular flexibility index (Phi) is 8.29. The molecule has 0 spiro atoms. The monoisotopic (exact) mass is 796 g/mol. The van der Waals surface area contributed by atoms with Crippen LogP contribution in [-0.2, 0) is 35.5 Å². The van der Waals surface area contributed by atoms with Gasteiger partial charge < -0.3 is 0 Å². The molecule has 0 amide bonds. The summed E-state index contributed by atoms with van der Waals surface area (Å²) in [5, 5.41) is 6.07. The van der Waals surface area contributed by atoms with Crippen molar-refractivity contribution in [2.75, 3.05) is 0 Å². The molecule has 0 saturated heterocycles. The second-order valence-electron chi connectivity index (χ2n) is 17.5. The van der Waals surface area contributed by atoms with Crippen LogP contribution in [0.25, 0.3) is 32.7 Å². The Hall–Kier alpha value is -3.35. The van der Waals surface area contributed by atoms with Crippen molar-refractivity contribution < 1.29 is 18.3 Å². The number of rotatable bonds is 4. The van der Waals surface area contributed by atoms with Gasteiger partial charge in [-0.15, -0.1) is 0 Å². The fraction of sp³-hybridized carbons (Fsp3) is 0.245. The fourth-order valence-corrected chi connectivity index (χ4v) is 28.5. The summed E-state index contributed by atoms with van der Waals surface area (Å²) in [4.78, 5) is 0. The Morgan fingerprint density at radius 2 is 1.15 bits per heavy atom. The molecule has 0 aliphatic heterocycles. The normalized spacial score (nSPS) is 14.6. The molecule has 0 heterocycles. The van der Waals surface area contributed by atoms with E-state index in [4.69, 9.17) is 27.4 Å². The van der Waals surface area contributed by atoms with Crippen LogP contribution in [0.5, 0.6) is 0 Å². The summed E-state index contributed by atoms with van der Waals surface area (Å²) < 4.78 is 11.6. The first-order chi connectivity index (χ1) is 24.5. The van der Waals surface area contributed by atoms with Crippen molar-refractivity contribution in [3.63, 3.8) is 0 Å². The van der Waals surface area contributed by atoms with E-state index in [2.05, 4.69) is 165 Å². The summed E-state index contributed by atoms with van der Waals surface area (Å²) in [6.07, 6.45) is 8.76. The molecule has 0 N–H and O–H groups in total. The Labute approximate surface area is 320 Å². The SMILES string of the molecule is [CH2]=[Zr]([C]1=CC=CC1)([c]1c(C)c(C(C)(C)C)cc2c1Cc1cc(C)c(C(C)(C)C)cc1-2)([c]1ccc(Cl)c2ccccc12)[c]1ccc(Cl)c2ccccc12. The molecular weight excluding hydrogens is 751 g/mol. The van der Waals surface area contributed by atoms with Gasteiger partial charge in [0.15, 0.2) is 0 Å². The van der Waals surface area contributed by atoms with Gasteiger partial charge in [0, 0.05) is 0 Å². The standard InChI is InChI=1S/C23H29.2C10H6Cl.C5H5.CH2.Zr/c1-14-9-16-11-17-10-15(2)21(23(6,7)8)13-19(17)18(16)12-20(14)22(3,4)5;2*11-10-7-3-5-8-4-1-2-6-9(8)10;1-2-4-5-3-1;;/h9,12-13H,11H2,1-8H3;2*1-4,6-7H;1-3H,4H2;1H2;. The number of hydrogen-bond acceptors (Lipinski definition) is 0. The van der Waals surface area contributed by atoms with Crippen LogP contribution in [-0.4, -0.2) is 4.21 Å². The van der Waals surface area contributed by atoms with E-state index in [-0.39, 0.29) is 10.8 Å². The van der Waals surface area contributed by atoms with E-state index in [1.165, 1.54) is 68.4 Å². The predicted octanol–water partition coefficient (Wildman–Crippen LogP) is 12.3. The van der Waals surface area contributed by atoms with Crippen LogP contribution in [0.15, 0.2) is 113 Å². The van der Waals surface area contributed by atoms with Crippen LogP contribution in [0.2, 0.25) is 10.0 Å². The summed E-state index contributed by atoms with van der Waals surface area (Å²) in [5.74, 6) is 0. The number of halogens is 2. The van der Waals surface area contributed by atoms with Crippen LogP contribution in [0, 0.1) is 13.8 Å². The van der Waals surface area contributed by atoms with Gasteiger partial charge in [-0.2, -0.15) is 0 Å². The van der Waals surface area contributed by atoms with Crippen LogP contribution < -0.4 is 9.81 Å². The number of benzene rings is 6. The van der Waals surface area contributed by atoms with Gasteiger partial charge in [0.1, 0.15) is 0 Å². The first kappa shape index (κ1) is 35.7. The third kappa shape index (κ3) is 4.99. The molecular formula is C49H48Cl2Zr. The molecule has 6 aromatic rings. The van der Waals surface area contributed by atoms with Crippen molar-refractivity contribution in [3.8, 4) is 11.1 Å². The van der Waals surface area contributed by atoms with Crippen molar-refractivity contribution in [2.24, 2.45) is 0 Å². The molecule has 0 radical (unpaired) electrons. The minimum atomic E-state index is -5.38. The number of fused-ring (bicyclic) bond motifs is 5. The summed E-state index contributed by atoms with van der Waals surface area (Å²) in [6.45, 7) is 18.8. The van der Waals surface area contributed by atoms with Crippen molar-refractivity contribution in [2.45, 2.75) is 79.1 Å². The van der Waals surface area contributed by atoms with Crippen molar-refractivity contribution in [1.82, 2.24) is 0 Å². The van der Waals surface area contributed by atoms with Gasteiger partial charge in [-0.25, -0.2) is 0 Å². The molecule has 0 bridgehead atoms. The third-order valence-electron chi connectivity index (χ3n) is 12.4. The maximum atomic E-state index is 7.09. The Bertz CT molecular complexity index is 2550. The molecule has 0 unspecified atom stereocenters. The van der Waals surface area contributed by atoms with Crippen LogP contribution >= 0.6 is 23.2 Å². The summed E-state index contributed by atoms with van der Waals surface area (Å²) in [7, 11) is 0. The zero-order valence-corrected chi connectivity index (χ0v) is 35.7. The number of allylic oxidation sites excluding steroid dienone is 4. The summed E-state index contributed by atoms with van der Waals surface area (Å²) >= 11 is 8.80. The Morgan fingerprint density at radius 3 is 1.65 bits per heavy atom. The molecule has 0 nitrogen and oxygen atoms in total. The van der Waals surface area contributed by atoms with Crippen molar-refractivity contribution in [3.05, 3.63) is 156 Å². The zero-order valence-electron chi connectivity index (χ0n) is 31.8. The molecule has 262 valence electrons. The quantitative estimate of drug-likeness (QED) is 0.166. The van der Waals surface area contributed by atoms with Gasteiger partial charge in [0.2, 0.25) is 0 Å². The number of aryl methyl sites for hydroxylation is 1. The average molecular weight is 799 g/mol. The first-order valence-electron chi connectivity index (χ1n) is 18.6. The molecule has 3 heteroatoms. The molecule has 52 heavy (non-hydrogen) atoms. The van der Waals surface area contributed by atoms with E-state index < -0.39 is 18.3 Å². The fourth-order valence-electron chi connectivity index (χ4n) is 10.2. The first-order valence-corrected chi connectivity index (χ1v) is 26.0. The average Bonchev–Trinajstić information content (AvgIpc) is 3.76. The van der Waals surface area contributed by atoms with E-state index >= 15 is 0 Å². The molecule has 0 fully saturated rings. The van der Waals surface area contributed by atoms with Crippen molar-refractivity contribution in [1.29, 1.82) is 0 Å². The molecule has 2 aliphatic rings.